The first kappa shape index (κ1) is 84.0. The highest BCUT2D eigenvalue weighted by Crippen LogP contribution is 2.55. The Labute approximate surface area is 849 Å². The molecule has 138 heavy (non-hydrogen) atoms. The van der Waals surface area contributed by atoms with Crippen LogP contribution in [0.2, 0.25) is 0 Å². The third-order valence-corrected chi connectivity index (χ3v) is 25.6. The van der Waals surface area contributed by atoms with Gasteiger partial charge in [-0.3, -0.25) is 0 Å². The van der Waals surface area contributed by atoms with Gasteiger partial charge >= 0.3 is 0 Å². The minimum Gasteiger partial charge on any atom is -0.311 e. The van der Waals surface area contributed by atoms with E-state index in [1.165, 1.54) is 0 Å². The van der Waals surface area contributed by atoms with Gasteiger partial charge in [0.15, 0.2) is 0 Å². The first-order valence-electron chi connectivity index (χ1n) is 56.8. The largest absolute Gasteiger partial charge is 0.311 e. The molecule has 5 heteroatoms. The lowest BCUT2D eigenvalue weighted by atomic mass is 9.33. The van der Waals surface area contributed by atoms with E-state index < -0.39 is 77.4 Å². The van der Waals surface area contributed by atoms with Crippen molar-refractivity contribution in [2.24, 2.45) is 59.6 Å². The molecule has 4 heterocycles. The highest BCUT2D eigenvalue weighted by Gasteiger charge is 2.46. The molecule has 0 N–H and O–H groups in total. The maximum absolute atomic E-state index is 11.0. The molecule has 4 nitrogen and oxygen atoms in total. The molecule has 0 saturated carbocycles. The molecular formula is C133H161BN4. The number of fused-ring (bicyclic) bond motifs is 10. The van der Waals surface area contributed by atoms with E-state index in [1.807, 2.05) is 173 Å². The summed E-state index contributed by atoms with van der Waals surface area (Å²) < 4.78 is 128. The van der Waals surface area contributed by atoms with E-state index in [-0.39, 0.29) is 27.1 Å². The molecule has 0 radical (unpaired) electrons. The Balaban J connectivity index is 1.12. The van der Waals surface area contributed by atoms with Crippen molar-refractivity contribution in [3.63, 3.8) is 0 Å². The third kappa shape index (κ3) is 22.3. The number of benzene rings is 13. The fourth-order valence-electron chi connectivity index (χ4n) is 21.5. The lowest BCUT2D eigenvalue weighted by molar-refractivity contribution is 0.410. The second-order valence-electron chi connectivity index (χ2n) is 52.8. The monoisotopic (exact) mass is 1840 g/mol. The average molecular weight is 1840 g/mol. The zero-order chi connectivity index (χ0) is 110. The fourth-order valence-corrected chi connectivity index (χ4v) is 21.5. The number of aromatic nitrogens is 2. The van der Waals surface area contributed by atoms with Crippen molar-refractivity contribution in [2.45, 2.75) is 299 Å². The number of hydrogen-bond acceptors (Lipinski definition) is 2. The summed E-state index contributed by atoms with van der Waals surface area (Å²) in [7, 11) is 0. The fraction of sp³-hybridized carbons (Fsp3) is 0.414. The summed E-state index contributed by atoms with van der Waals surface area (Å²) in [5.74, 6) is 0. The van der Waals surface area contributed by atoms with Gasteiger partial charge in [0.05, 0.1) is 33.4 Å². The van der Waals surface area contributed by atoms with Crippen molar-refractivity contribution < 1.29 is 16.4 Å². The van der Waals surface area contributed by atoms with Crippen molar-refractivity contribution in [1.82, 2.24) is 9.13 Å². The lowest BCUT2D eigenvalue weighted by Crippen LogP contribution is -2.61. The van der Waals surface area contributed by atoms with Gasteiger partial charge in [0, 0.05) is 83.2 Å². The van der Waals surface area contributed by atoms with Crippen LogP contribution in [0.3, 0.4) is 0 Å². The van der Waals surface area contributed by atoms with E-state index in [4.69, 9.17) is 0 Å². The first-order valence-corrected chi connectivity index (χ1v) is 50.8. The molecule has 716 valence electrons. The van der Waals surface area contributed by atoms with Gasteiger partial charge in [0.1, 0.15) is 0 Å². The second kappa shape index (κ2) is 35.7. The molecule has 2 aromatic heterocycles. The zero-order valence-electron chi connectivity index (χ0n) is 101. The van der Waals surface area contributed by atoms with Crippen molar-refractivity contribution in [2.75, 3.05) is 9.80 Å². The van der Waals surface area contributed by atoms with Crippen LogP contribution >= 0.6 is 0 Å². The molecule has 0 unspecified atom stereocenters. The van der Waals surface area contributed by atoms with E-state index in [1.54, 1.807) is 0 Å². The van der Waals surface area contributed by atoms with Crippen LogP contribution in [0.25, 0.3) is 99.5 Å². The van der Waals surface area contributed by atoms with Crippen molar-refractivity contribution >= 4 is 101 Å². The summed E-state index contributed by atoms with van der Waals surface area (Å²) in [6.45, 7) is 69.0. The Hall–Kier alpha value is -10.9. The predicted octanol–water partition coefficient (Wildman–Crippen LogP) is 36.1. The average Bonchev–Trinajstić information content (AvgIpc) is 0.902. The van der Waals surface area contributed by atoms with Crippen LogP contribution in [0.5, 0.6) is 0 Å². The lowest BCUT2D eigenvalue weighted by Gasteiger charge is -2.46. The van der Waals surface area contributed by atoms with Crippen molar-refractivity contribution in [3.05, 3.63) is 304 Å². The van der Waals surface area contributed by atoms with Gasteiger partial charge in [0.25, 0.3) is 6.71 Å². The summed E-state index contributed by atoms with van der Waals surface area (Å²) in [5, 5.41) is 3.11. The van der Waals surface area contributed by atoms with Crippen LogP contribution in [-0.2, 0) is 70.3 Å². The van der Waals surface area contributed by atoms with Gasteiger partial charge in [-0.1, -0.05) is 362 Å². The van der Waals surface area contributed by atoms with E-state index in [0.29, 0.717) is 39.8 Å². The minimum absolute atomic E-state index is 0.108. The molecule has 0 saturated heterocycles. The Morgan fingerprint density at radius 3 is 0.732 bits per heavy atom. The number of anilines is 6. The van der Waals surface area contributed by atoms with Gasteiger partial charge in [-0.05, 0) is 350 Å². The first-order chi connectivity index (χ1) is 68.8. The van der Waals surface area contributed by atoms with Crippen LogP contribution < -0.4 is 26.2 Å². The predicted molar refractivity (Wildman–Crippen MR) is 606 cm³/mol. The maximum atomic E-state index is 11.0. The summed E-state index contributed by atoms with van der Waals surface area (Å²) >= 11 is 0. The highest BCUT2D eigenvalue weighted by atomic mass is 15.2. The summed E-state index contributed by atoms with van der Waals surface area (Å²) in [6.07, 6.45) is -7.52. The van der Waals surface area contributed by atoms with Crippen LogP contribution in [0.15, 0.2) is 243 Å². The van der Waals surface area contributed by atoms with Gasteiger partial charge in [0.2, 0.25) is 0 Å². The number of nitrogens with zero attached hydrogens (tertiary/aromatic N) is 4. The van der Waals surface area contributed by atoms with Crippen LogP contribution in [0, 0.1) is 59.6 Å². The van der Waals surface area contributed by atoms with Gasteiger partial charge in [-0.15, -0.1) is 0 Å². The quantitative estimate of drug-likeness (QED) is 0.0750. The highest BCUT2D eigenvalue weighted by molar-refractivity contribution is 7.00. The van der Waals surface area contributed by atoms with Gasteiger partial charge < -0.3 is 18.9 Å². The van der Waals surface area contributed by atoms with Crippen molar-refractivity contribution in [1.29, 1.82) is 0 Å². The Bertz CT molecular complexity index is 7220. The molecule has 17 rings (SSSR count). The second-order valence-corrected chi connectivity index (χ2v) is 52.8. The molecule has 0 amide bonds. The molecule has 2 aliphatic heterocycles. The Kier molecular flexibility index (Phi) is 21.8. The standard InChI is InChI=1S/C133H161BN4/c1-123(2,3)74-85-38-34-42-94(58-85)102-72-116(104(68-98(102)83-132(28,29)30)96-44-36-40-87(60-96)76-125(7,8)9)137-118-70-100(135-112-54-46-89(78-127(13,14)15)62-106(112)107-63-90(47-55-113(107)135)79-128(16,17)18)50-52-110(118)134-111-53-51-101(136-114-56-48-91(80-129(19,20)21)64-108(114)109-65-92(49-57-115(109)136)81-130(22,23)24)71-119(111)138(121-67-93(82-131(25,26)27)66-120(137)122(121)134)117-73-103(95-43-35-39-86(59-95)75-124(4,5)6)99(84-133(31,32)33)69-105(117)97-45-37-41-88(61-97)77-126(10,11)12/h34-73H,74-84H2,1-33H3/i78D2,79D2,80D2,81D2,83D2,84D2. The maximum Gasteiger partial charge on any atom is 0.252 e. The number of rotatable bonds is 19. The van der Waals surface area contributed by atoms with Crippen molar-refractivity contribution in [3.8, 4) is 55.9 Å². The molecule has 2 aliphatic rings. The molecule has 15 aromatic rings. The van der Waals surface area contributed by atoms with E-state index in [9.17, 15) is 16.4 Å². The van der Waals surface area contributed by atoms with Gasteiger partial charge in [-0.25, -0.2) is 0 Å². The van der Waals surface area contributed by atoms with Crippen LogP contribution in [-0.4, -0.2) is 15.8 Å². The Morgan fingerprint density at radius 1 is 0.210 bits per heavy atom. The SMILES string of the molecule is [2H]C([2H])(c1ccc2c(c1)c1cc(C([2H])([2H])C(C)(C)C)ccc1n2-c1ccc2c(c1)N(c1cc(-c3cccc(CC(C)(C)C)c3)c(C([2H])([2H])C(C)(C)C)cc1-c1cccc(CC(C)(C)C)c1)c1cc(CC(C)(C)C)cc3c1B2c1ccc(-n2c4ccc(C([2H])([2H])C(C)(C)C)cc4c4cc(C([2H])([2H])C(C)(C)C)ccc42)cc1N3c1cc(-c2cccc(CC(C)(C)C)c2)c(C([2H])([2H])C(C)(C)C)cc1-c1cccc(CC(C)(C)C)c1)C(C)(C)C. The minimum atomic E-state index is -1.96. The molecule has 0 atom stereocenters. The smallest absolute Gasteiger partial charge is 0.252 e. The van der Waals surface area contributed by atoms with E-state index >= 15 is 0 Å². The third-order valence-electron chi connectivity index (χ3n) is 25.6. The van der Waals surface area contributed by atoms with Crippen LogP contribution in [0.1, 0.15) is 306 Å². The van der Waals surface area contributed by atoms with E-state index in [2.05, 4.69) is 317 Å². The normalized spacial score (nSPS) is 15.7. The zero-order valence-corrected chi connectivity index (χ0v) is 89.5. The topological polar surface area (TPSA) is 16.3 Å². The molecule has 13 aromatic carbocycles. The summed E-state index contributed by atoms with van der Waals surface area (Å²) in [4.78, 5) is 5.08. The summed E-state index contributed by atoms with van der Waals surface area (Å²) in [5.41, 5.74) is 22.3. The number of hydrogen-bond donors (Lipinski definition) is 0. The molecule has 0 fully saturated rings. The molecule has 0 aliphatic carbocycles. The molecular weight excluding hydrogens is 1660 g/mol. The Morgan fingerprint density at radius 2 is 0.471 bits per heavy atom. The molecule has 0 spiro atoms. The van der Waals surface area contributed by atoms with Gasteiger partial charge in [-0.2, -0.15) is 0 Å². The molecule has 0 bridgehead atoms. The van der Waals surface area contributed by atoms with Crippen LogP contribution in [0.4, 0.5) is 34.1 Å². The summed E-state index contributed by atoms with van der Waals surface area (Å²) in [6, 6.07) is 87.4. The van der Waals surface area contributed by atoms with E-state index in [0.717, 1.165) is 204 Å².